The third-order valence-electron chi connectivity index (χ3n) is 3.33. The van der Waals surface area contributed by atoms with Crippen LogP contribution in [0.15, 0.2) is 12.1 Å². The van der Waals surface area contributed by atoms with E-state index in [0.717, 1.165) is 42.7 Å². The summed E-state index contributed by atoms with van der Waals surface area (Å²) in [6, 6.07) is 4.07. The van der Waals surface area contributed by atoms with E-state index in [2.05, 4.69) is 23.1 Å². The van der Waals surface area contributed by atoms with Gasteiger partial charge in [-0.05, 0) is 50.5 Å². The van der Waals surface area contributed by atoms with Crippen LogP contribution in [0.4, 0.5) is 0 Å². The van der Waals surface area contributed by atoms with Crippen LogP contribution in [-0.2, 0) is 4.79 Å². The highest BCUT2D eigenvalue weighted by molar-refractivity contribution is 7.80. The van der Waals surface area contributed by atoms with Gasteiger partial charge >= 0.3 is 0 Å². The summed E-state index contributed by atoms with van der Waals surface area (Å²) in [5.74, 6) is 0.480. The van der Waals surface area contributed by atoms with Crippen molar-refractivity contribution in [3.8, 4) is 5.75 Å². The topological polar surface area (TPSA) is 62.4 Å². The molecule has 1 amide bonds. The summed E-state index contributed by atoms with van der Waals surface area (Å²) in [5, 5.41) is 3.45. The predicted octanol–water partition coefficient (Wildman–Crippen LogP) is 2.68. The van der Waals surface area contributed by atoms with Gasteiger partial charge in [-0.25, -0.2) is 0 Å². The van der Waals surface area contributed by atoms with Gasteiger partial charge in [0.25, 0.3) is 5.91 Å². The first kappa shape index (κ1) is 19.2. The number of nitrogens with one attached hydrogen (secondary N) is 3. The molecule has 128 valence electrons. The van der Waals surface area contributed by atoms with Gasteiger partial charge in [0.15, 0.2) is 11.7 Å². The van der Waals surface area contributed by atoms with Crippen molar-refractivity contribution in [1.29, 1.82) is 0 Å². The fraction of sp³-hybridized carbons (Fsp3) is 0.529. The zero-order chi connectivity index (χ0) is 17.2. The van der Waals surface area contributed by atoms with Crippen LogP contribution in [0.5, 0.6) is 5.75 Å². The maximum absolute atomic E-state index is 11.8. The highest BCUT2D eigenvalue weighted by Crippen LogP contribution is 2.24. The zero-order valence-corrected chi connectivity index (χ0v) is 15.2. The fourth-order valence-electron chi connectivity index (χ4n) is 2.32. The second kappa shape index (κ2) is 10.0. The van der Waals surface area contributed by atoms with Crippen molar-refractivity contribution >= 4 is 23.2 Å². The van der Waals surface area contributed by atoms with Gasteiger partial charge in [0.2, 0.25) is 0 Å². The maximum Gasteiger partial charge on any atom is 0.276 e. The molecule has 1 aromatic carbocycles. The number of benzene rings is 1. The number of hydrogen-bond donors (Lipinski definition) is 3. The number of carbonyl (C=O) groups is 1. The largest absolute Gasteiger partial charge is 0.483 e. The Labute approximate surface area is 144 Å². The molecule has 1 rings (SSSR count). The molecule has 0 bridgehead atoms. The van der Waals surface area contributed by atoms with E-state index in [1.54, 1.807) is 0 Å². The van der Waals surface area contributed by atoms with E-state index in [4.69, 9.17) is 17.0 Å². The highest BCUT2D eigenvalue weighted by atomic mass is 32.1. The van der Waals surface area contributed by atoms with Gasteiger partial charge in [0.1, 0.15) is 5.75 Å². The van der Waals surface area contributed by atoms with E-state index >= 15 is 0 Å². The molecule has 1 aromatic rings. The van der Waals surface area contributed by atoms with Crippen molar-refractivity contribution in [1.82, 2.24) is 16.2 Å². The van der Waals surface area contributed by atoms with Crippen molar-refractivity contribution in [2.24, 2.45) is 0 Å². The Morgan fingerprint density at radius 2 is 1.78 bits per heavy atom. The van der Waals surface area contributed by atoms with Crippen LogP contribution in [0.2, 0.25) is 0 Å². The number of amides is 1. The standard InChI is InChI=1S/C17H27N3O2S/c1-5-6-7-8-18-17(23)20-19-15(21)11-22-16-13(3)9-12(2)10-14(16)4/h9-10H,5-8,11H2,1-4H3,(H,19,21)(H2,18,20,23). The summed E-state index contributed by atoms with van der Waals surface area (Å²) >= 11 is 5.08. The van der Waals surface area contributed by atoms with Crippen LogP contribution in [0.25, 0.3) is 0 Å². The Kier molecular flexibility index (Phi) is 8.40. The minimum atomic E-state index is -0.276. The minimum Gasteiger partial charge on any atom is -0.483 e. The Balaban J connectivity index is 2.31. The Morgan fingerprint density at radius 3 is 2.39 bits per heavy atom. The molecule has 0 heterocycles. The number of hydrogen-bond acceptors (Lipinski definition) is 3. The molecule has 0 atom stereocenters. The highest BCUT2D eigenvalue weighted by Gasteiger charge is 2.08. The summed E-state index contributed by atoms with van der Waals surface area (Å²) in [6.45, 7) is 8.87. The van der Waals surface area contributed by atoms with Crippen LogP contribution in [-0.4, -0.2) is 24.2 Å². The molecule has 5 nitrogen and oxygen atoms in total. The molecule has 0 aliphatic rings. The van der Waals surface area contributed by atoms with Crippen LogP contribution in [0.3, 0.4) is 0 Å². The summed E-state index contributed by atoms with van der Waals surface area (Å²) in [5.41, 5.74) is 8.43. The average molecular weight is 337 g/mol. The lowest BCUT2D eigenvalue weighted by molar-refractivity contribution is -0.123. The lowest BCUT2D eigenvalue weighted by Gasteiger charge is -2.14. The lowest BCUT2D eigenvalue weighted by Crippen LogP contribution is -2.48. The van der Waals surface area contributed by atoms with Crippen molar-refractivity contribution in [2.45, 2.75) is 47.0 Å². The Hall–Kier alpha value is -1.82. The Bertz CT molecular complexity index is 524. The maximum atomic E-state index is 11.8. The molecule has 0 saturated carbocycles. The molecule has 0 aromatic heterocycles. The van der Waals surface area contributed by atoms with Gasteiger partial charge < -0.3 is 10.1 Å². The third kappa shape index (κ3) is 7.32. The van der Waals surface area contributed by atoms with E-state index in [0.29, 0.717) is 5.11 Å². The smallest absolute Gasteiger partial charge is 0.276 e. The average Bonchev–Trinajstić information content (AvgIpc) is 2.48. The van der Waals surface area contributed by atoms with Gasteiger partial charge in [0.05, 0.1) is 0 Å². The molecule has 0 aliphatic heterocycles. The number of thiocarbonyl (C=S) groups is 1. The molecule has 0 aliphatic carbocycles. The van der Waals surface area contributed by atoms with Gasteiger partial charge in [-0.15, -0.1) is 0 Å². The molecule has 0 saturated heterocycles. The van der Waals surface area contributed by atoms with Crippen molar-refractivity contribution in [3.63, 3.8) is 0 Å². The lowest BCUT2D eigenvalue weighted by atomic mass is 10.1. The Morgan fingerprint density at radius 1 is 1.13 bits per heavy atom. The monoisotopic (exact) mass is 337 g/mol. The summed E-state index contributed by atoms with van der Waals surface area (Å²) in [4.78, 5) is 11.8. The molecule has 0 unspecified atom stereocenters. The van der Waals surface area contributed by atoms with Gasteiger partial charge in [0, 0.05) is 6.54 Å². The van der Waals surface area contributed by atoms with E-state index in [1.807, 2.05) is 32.9 Å². The molecular weight excluding hydrogens is 310 g/mol. The van der Waals surface area contributed by atoms with Gasteiger partial charge in [-0.2, -0.15) is 0 Å². The van der Waals surface area contributed by atoms with E-state index in [1.165, 1.54) is 5.56 Å². The number of carbonyl (C=O) groups excluding carboxylic acids is 1. The second-order valence-corrected chi connectivity index (χ2v) is 6.06. The van der Waals surface area contributed by atoms with Crippen molar-refractivity contribution < 1.29 is 9.53 Å². The first-order chi connectivity index (χ1) is 10.9. The van der Waals surface area contributed by atoms with E-state index in [-0.39, 0.29) is 12.5 Å². The summed E-state index contributed by atoms with van der Waals surface area (Å²) < 4.78 is 5.61. The summed E-state index contributed by atoms with van der Waals surface area (Å²) in [7, 11) is 0. The van der Waals surface area contributed by atoms with E-state index in [9.17, 15) is 4.79 Å². The number of ether oxygens (including phenoxy) is 1. The van der Waals surface area contributed by atoms with Crippen LogP contribution < -0.4 is 20.9 Å². The summed E-state index contributed by atoms with van der Waals surface area (Å²) in [6.07, 6.45) is 3.38. The van der Waals surface area contributed by atoms with E-state index < -0.39 is 0 Å². The van der Waals surface area contributed by atoms with Crippen LogP contribution in [0.1, 0.15) is 42.9 Å². The number of rotatable bonds is 7. The van der Waals surface area contributed by atoms with Crippen LogP contribution in [0, 0.1) is 20.8 Å². The minimum absolute atomic E-state index is 0.0593. The number of aryl methyl sites for hydroxylation is 3. The van der Waals surface area contributed by atoms with Gasteiger partial charge in [-0.1, -0.05) is 37.5 Å². The molecule has 6 heteroatoms. The van der Waals surface area contributed by atoms with Crippen molar-refractivity contribution in [2.75, 3.05) is 13.2 Å². The van der Waals surface area contributed by atoms with Crippen LogP contribution >= 0.6 is 12.2 Å². The fourth-order valence-corrected chi connectivity index (χ4v) is 2.47. The molecule has 23 heavy (non-hydrogen) atoms. The first-order valence-corrected chi connectivity index (χ1v) is 8.38. The molecule has 3 N–H and O–H groups in total. The molecule has 0 spiro atoms. The quantitative estimate of drug-likeness (QED) is 0.406. The second-order valence-electron chi connectivity index (χ2n) is 5.65. The van der Waals surface area contributed by atoms with Gasteiger partial charge in [-0.3, -0.25) is 15.6 Å². The molecule has 0 fully saturated rings. The third-order valence-corrected chi connectivity index (χ3v) is 3.58. The molecular formula is C17H27N3O2S. The normalized spacial score (nSPS) is 10.1. The SMILES string of the molecule is CCCCCNC(=S)NNC(=O)COc1c(C)cc(C)cc1C. The predicted molar refractivity (Wildman–Crippen MR) is 97.6 cm³/mol. The number of hydrazine groups is 1. The zero-order valence-electron chi connectivity index (χ0n) is 14.4. The number of unbranched alkanes of at least 4 members (excludes halogenated alkanes) is 2. The first-order valence-electron chi connectivity index (χ1n) is 7.97. The molecule has 0 radical (unpaired) electrons. The van der Waals surface area contributed by atoms with Crippen molar-refractivity contribution in [3.05, 3.63) is 28.8 Å².